The molecule has 1 amide bonds. The zero-order valence-corrected chi connectivity index (χ0v) is 27.9. The van der Waals surface area contributed by atoms with Crippen LogP contribution in [0.2, 0.25) is 0 Å². The molecule has 47 heavy (non-hydrogen) atoms. The molecule has 5 aromatic rings. The largest absolute Gasteiger partial charge is 0.353 e. The summed E-state index contributed by atoms with van der Waals surface area (Å²) in [4.78, 5) is 53.0. The zero-order valence-electron chi connectivity index (χ0n) is 26.3. The summed E-state index contributed by atoms with van der Waals surface area (Å²) in [5.41, 5.74) is 3.85. The second kappa shape index (κ2) is 12.4. The van der Waals surface area contributed by atoms with E-state index >= 15 is 0 Å². The Hall–Kier alpha value is -4.78. The number of aromatic nitrogens is 4. The third kappa shape index (κ3) is 5.62. The quantitative estimate of drug-likeness (QED) is 0.194. The molecular formula is C35H33N7O3S2. The van der Waals surface area contributed by atoms with Gasteiger partial charge in [0.15, 0.2) is 4.32 Å². The first-order valence-corrected chi connectivity index (χ1v) is 16.6. The molecule has 2 saturated heterocycles. The van der Waals surface area contributed by atoms with E-state index in [0.717, 1.165) is 37.0 Å². The lowest BCUT2D eigenvalue weighted by Crippen LogP contribution is -2.47. The van der Waals surface area contributed by atoms with Crippen molar-refractivity contribution in [2.75, 3.05) is 36.0 Å². The highest BCUT2D eigenvalue weighted by Crippen LogP contribution is 2.37. The first-order valence-electron chi connectivity index (χ1n) is 15.4. The van der Waals surface area contributed by atoms with Crippen LogP contribution < -0.4 is 20.9 Å². The molecule has 0 bridgehead atoms. The molecule has 0 unspecified atom stereocenters. The molecule has 7 rings (SSSR count). The Bertz CT molecular complexity index is 2180. The number of benzene rings is 2. The van der Waals surface area contributed by atoms with Crippen molar-refractivity contribution in [1.29, 1.82) is 0 Å². The van der Waals surface area contributed by atoms with Gasteiger partial charge in [-0.1, -0.05) is 78.6 Å². The number of pyridine rings is 1. The number of rotatable bonds is 6. The number of hydrogen-bond donors (Lipinski definition) is 0. The third-order valence-corrected chi connectivity index (χ3v) is 10.0. The molecule has 0 N–H and O–H groups in total. The van der Waals surface area contributed by atoms with Crippen LogP contribution in [0.1, 0.15) is 22.4 Å². The van der Waals surface area contributed by atoms with Gasteiger partial charge in [-0.15, -0.1) is 0 Å². The molecule has 0 spiro atoms. The smallest absolute Gasteiger partial charge is 0.296 e. The highest BCUT2D eigenvalue weighted by molar-refractivity contribution is 8.27. The number of thiocarbonyl (C=S) groups is 1. The highest BCUT2D eigenvalue weighted by Gasteiger charge is 2.38. The van der Waals surface area contributed by atoms with Crippen molar-refractivity contribution in [2.24, 2.45) is 7.05 Å². The Morgan fingerprint density at radius 2 is 1.55 bits per heavy atom. The van der Waals surface area contributed by atoms with Gasteiger partial charge in [-0.25, -0.2) is 9.67 Å². The molecule has 0 saturated carbocycles. The summed E-state index contributed by atoms with van der Waals surface area (Å²) < 4.78 is 4.99. The summed E-state index contributed by atoms with van der Waals surface area (Å²) in [5.74, 6) is 0.0872. The SMILES string of the molecule is Cc1ccc2nc(N3CCN(Cc4ccccc4)CC3)c(C=C3SC(=S)N(c4c(C)n(C)n(-c5ccccc5)c4=O)C3=O)c(=O)n2c1. The van der Waals surface area contributed by atoms with E-state index < -0.39 is 5.91 Å². The number of thioether (sulfide) groups is 1. The predicted molar refractivity (Wildman–Crippen MR) is 192 cm³/mol. The fraction of sp³-hybridized carbons (Fsp3) is 0.229. The first kappa shape index (κ1) is 30.9. The number of carbonyl (C=O) groups is 1. The average Bonchev–Trinajstić information content (AvgIpc) is 3.47. The maximum atomic E-state index is 14.1. The molecule has 2 aliphatic rings. The van der Waals surface area contributed by atoms with Crippen LogP contribution in [0.15, 0.2) is 93.5 Å². The minimum absolute atomic E-state index is 0.195. The second-order valence-corrected chi connectivity index (χ2v) is 13.4. The standard InChI is InChI=1S/C35H33N7O3S2/c1-23-14-15-29-36-31(39-18-16-38(17-19-39)22-25-10-6-4-7-11-25)27(32(43)40(29)21-23)20-28-33(44)41(35(46)47-28)30-24(2)37(3)42(34(30)45)26-12-8-5-9-13-26/h4-15,20-21H,16-19,22H2,1-3H3. The lowest BCUT2D eigenvalue weighted by atomic mass is 10.1. The van der Waals surface area contributed by atoms with Crippen LogP contribution in [0.3, 0.4) is 0 Å². The molecule has 0 radical (unpaired) electrons. The normalized spacial score (nSPS) is 16.6. The number of para-hydroxylation sites is 1. The van der Waals surface area contributed by atoms with Crippen LogP contribution in [-0.4, -0.2) is 60.1 Å². The van der Waals surface area contributed by atoms with Gasteiger partial charge in [0.2, 0.25) is 0 Å². The fourth-order valence-corrected chi connectivity index (χ4v) is 7.43. The van der Waals surface area contributed by atoms with Gasteiger partial charge in [0.1, 0.15) is 17.2 Å². The maximum absolute atomic E-state index is 14.1. The maximum Gasteiger partial charge on any atom is 0.296 e. The second-order valence-electron chi connectivity index (χ2n) is 11.8. The van der Waals surface area contributed by atoms with Gasteiger partial charge in [-0.05, 0) is 49.2 Å². The molecule has 2 fully saturated rings. The minimum atomic E-state index is -0.446. The van der Waals surface area contributed by atoms with Crippen molar-refractivity contribution < 1.29 is 4.79 Å². The van der Waals surface area contributed by atoms with Crippen molar-refractivity contribution in [1.82, 2.24) is 23.6 Å². The van der Waals surface area contributed by atoms with Crippen molar-refractivity contribution in [3.8, 4) is 5.69 Å². The lowest BCUT2D eigenvalue weighted by molar-refractivity contribution is -0.113. The monoisotopic (exact) mass is 663 g/mol. The predicted octanol–water partition coefficient (Wildman–Crippen LogP) is 4.53. The Kier molecular flexibility index (Phi) is 8.16. The lowest BCUT2D eigenvalue weighted by Gasteiger charge is -2.36. The van der Waals surface area contributed by atoms with Crippen molar-refractivity contribution in [3.05, 3.63) is 127 Å². The third-order valence-electron chi connectivity index (χ3n) is 8.72. The van der Waals surface area contributed by atoms with Crippen LogP contribution in [0.4, 0.5) is 11.5 Å². The number of aryl methyl sites for hydroxylation is 1. The van der Waals surface area contributed by atoms with Gasteiger partial charge < -0.3 is 4.90 Å². The minimum Gasteiger partial charge on any atom is -0.353 e. The summed E-state index contributed by atoms with van der Waals surface area (Å²) in [7, 11) is 1.77. The summed E-state index contributed by atoms with van der Waals surface area (Å²) in [5, 5.41) is 0. The van der Waals surface area contributed by atoms with Crippen molar-refractivity contribution >= 4 is 57.4 Å². The number of anilines is 2. The van der Waals surface area contributed by atoms with Crippen LogP contribution in [0.5, 0.6) is 0 Å². The van der Waals surface area contributed by atoms with Gasteiger partial charge in [0.25, 0.3) is 17.0 Å². The Labute approximate surface area is 281 Å². The van der Waals surface area contributed by atoms with E-state index in [4.69, 9.17) is 17.2 Å². The molecule has 2 aromatic carbocycles. The summed E-state index contributed by atoms with van der Waals surface area (Å²) >= 11 is 6.77. The molecule has 238 valence electrons. The van der Waals surface area contributed by atoms with Gasteiger partial charge >= 0.3 is 0 Å². The van der Waals surface area contributed by atoms with Crippen molar-refractivity contribution in [3.63, 3.8) is 0 Å². The molecule has 10 nitrogen and oxygen atoms in total. The van der Waals surface area contributed by atoms with E-state index in [-0.39, 0.29) is 26.0 Å². The topological polar surface area (TPSA) is 88.1 Å². The van der Waals surface area contributed by atoms with E-state index in [1.807, 2.05) is 67.6 Å². The highest BCUT2D eigenvalue weighted by atomic mass is 32.2. The number of piperazine rings is 1. The first-order chi connectivity index (χ1) is 22.7. The number of amides is 1. The molecule has 3 aromatic heterocycles. The van der Waals surface area contributed by atoms with E-state index in [2.05, 4.69) is 21.9 Å². The molecule has 0 aliphatic carbocycles. The fourth-order valence-electron chi connectivity index (χ4n) is 6.18. The van der Waals surface area contributed by atoms with E-state index in [0.29, 0.717) is 41.5 Å². The van der Waals surface area contributed by atoms with Crippen molar-refractivity contribution in [2.45, 2.75) is 20.4 Å². The summed E-state index contributed by atoms with van der Waals surface area (Å²) in [6.07, 6.45) is 3.36. The Morgan fingerprint density at radius 3 is 2.26 bits per heavy atom. The van der Waals surface area contributed by atoms with Gasteiger partial charge in [0.05, 0.1) is 21.8 Å². The van der Waals surface area contributed by atoms with Gasteiger partial charge in [-0.2, -0.15) is 0 Å². The van der Waals surface area contributed by atoms with Crippen LogP contribution in [-0.2, 0) is 18.4 Å². The van der Waals surface area contributed by atoms with Crippen LogP contribution in [0, 0.1) is 13.8 Å². The molecular weight excluding hydrogens is 631 g/mol. The average molecular weight is 664 g/mol. The molecule has 2 aliphatic heterocycles. The van der Waals surface area contributed by atoms with E-state index in [9.17, 15) is 14.4 Å². The van der Waals surface area contributed by atoms with Crippen LogP contribution in [0.25, 0.3) is 17.4 Å². The number of hydrogen-bond acceptors (Lipinski definition) is 8. The van der Waals surface area contributed by atoms with E-state index in [1.54, 1.807) is 30.9 Å². The van der Waals surface area contributed by atoms with Gasteiger partial charge in [0, 0.05) is 46.0 Å². The molecule has 0 atom stereocenters. The summed E-state index contributed by atoms with van der Waals surface area (Å²) in [6.45, 7) is 7.49. The Morgan fingerprint density at radius 1 is 0.872 bits per heavy atom. The summed E-state index contributed by atoms with van der Waals surface area (Å²) in [6, 6.07) is 23.4. The molecule has 12 heteroatoms. The van der Waals surface area contributed by atoms with Gasteiger partial charge in [-0.3, -0.25) is 33.3 Å². The number of nitrogens with zero attached hydrogens (tertiary/aromatic N) is 7. The number of fused-ring (bicyclic) bond motifs is 1. The zero-order chi connectivity index (χ0) is 32.8. The van der Waals surface area contributed by atoms with Crippen LogP contribution >= 0.6 is 24.0 Å². The molecule has 5 heterocycles. The Balaban J connectivity index is 1.26. The van der Waals surface area contributed by atoms with E-state index in [1.165, 1.54) is 19.5 Å². The number of carbonyl (C=O) groups excluding carboxylic acids is 1.